The van der Waals surface area contributed by atoms with Crippen LogP contribution < -0.4 is 10.6 Å². The number of piperazine rings is 1. The highest BCUT2D eigenvalue weighted by Crippen LogP contribution is 2.15. The predicted molar refractivity (Wildman–Crippen MR) is 86.2 cm³/mol. The molecule has 1 unspecified atom stereocenters. The molecule has 110 valence electrons. The summed E-state index contributed by atoms with van der Waals surface area (Å²) < 4.78 is 0. The van der Waals surface area contributed by atoms with Gasteiger partial charge in [0.15, 0.2) is 0 Å². The van der Waals surface area contributed by atoms with Crippen LogP contribution in [-0.2, 0) is 0 Å². The van der Waals surface area contributed by atoms with Crippen LogP contribution in [0.3, 0.4) is 0 Å². The molecule has 2 heterocycles. The van der Waals surface area contributed by atoms with E-state index in [-0.39, 0.29) is 0 Å². The number of hydrogen-bond acceptors (Lipinski definition) is 5. The summed E-state index contributed by atoms with van der Waals surface area (Å²) in [5, 5.41) is 0. The third-order valence-corrected chi connectivity index (χ3v) is 4.12. The van der Waals surface area contributed by atoms with E-state index in [1.807, 2.05) is 13.0 Å². The van der Waals surface area contributed by atoms with Gasteiger partial charge in [0.25, 0.3) is 0 Å². The zero-order valence-corrected chi connectivity index (χ0v) is 13.3. The molecule has 1 aliphatic heterocycles. The molecule has 0 aliphatic carbocycles. The molecule has 0 saturated carbocycles. The molecule has 1 fully saturated rings. The number of thiocarbonyl (C=S) groups is 1. The van der Waals surface area contributed by atoms with Crippen molar-refractivity contribution in [2.45, 2.75) is 33.2 Å². The summed E-state index contributed by atoms with van der Waals surface area (Å²) >= 11 is 5.01. The molecule has 0 amide bonds. The highest BCUT2D eigenvalue weighted by molar-refractivity contribution is 7.80. The SMILES string of the molecule is CCC(C)N1CCN(c2nc(C)cc(C(N)=S)n2)CC1. The van der Waals surface area contributed by atoms with Crippen LogP contribution in [0.2, 0.25) is 0 Å². The first-order chi connectivity index (χ1) is 9.51. The number of aryl methyl sites for hydroxylation is 1. The van der Waals surface area contributed by atoms with Gasteiger partial charge in [-0.2, -0.15) is 0 Å². The minimum absolute atomic E-state index is 0.329. The molecule has 1 atom stereocenters. The van der Waals surface area contributed by atoms with Crippen LogP contribution in [0, 0.1) is 6.92 Å². The average molecular weight is 293 g/mol. The lowest BCUT2D eigenvalue weighted by atomic mass is 10.2. The Bertz CT molecular complexity index is 482. The molecule has 1 aromatic heterocycles. The van der Waals surface area contributed by atoms with Gasteiger partial charge in [0.05, 0.1) is 0 Å². The fourth-order valence-corrected chi connectivity index (χ4v) is 2.55. The number of aromatic nitrogens is 2. The summed E-state index contributed by atoms with van der Waals surface area (Å²) in [4.78, 5) is 14.0. The molecule has 0 radical (unpaired) electrons. The summed E-state index contributed by atoms with van der Waals surface area (Å²) in [6.07, 6.45) is 1.19. The Morgan fingerprint density at radius 1 is 1.35 bits per heavy atom. The third kappa shape index (κ3) is 3.43. The Balaban J connectivity index is 2.09. The normalized spacial score (nSPS) is 18.1. The first-order valence-electron chi connectivity index (χ1n) is 7.15. The topological polar surface area (TPSA) is 58.3 Å². The van der Waals surface area contributed by atoms with Crippen molar-refractivity contribution in [3.05, 3.63) is 17.5 Å². The van der Waals surface area contributed by atoms with Crippen molar-refractivity contribution in [1.82, 2.24) is 14.9 Å². The second kappa shape index (κ2) is 6.45. The molecule has 1 saturated heterocycles. The van der Waals surface area contributed by atoms with Crippen molar-refractivity contribution >= 4 is 23.2 Å². The van der Waals surface area contributed by atoms with E-state index in [9.17, 15) is 0 Å². The minimum Gasteiger partial charge on any atom is -0.388 e. The minimum atomic E-state index is 0.329. The average Bonchev–Trinajstić information content (AvgIpc) is 2.46. The lowest BCUT2D eigenvalue weighted by molar-refractivity contribution is 0.192. The van der Waals surface area contributed by atoms with Gasteiger partial charge in [-0.25, -0.2) is 9.97 Å². The Morgan fingerprint density at radius 3 is 2.55 bits per heavy atom. The van der Waals surface area contributed by atoms with Crippen molar-refractivity contribution < 1.29 is 0 Å². The molecule has 6 heteroatoms. The standard InChI is InChI=1S/C14H23N5S/c1-4-11(3)18-5-7-19(8-6-18)14-16-10(2)9-12(17-14)13(15)20/h9,11H,4-8H2,1-3H3,(H2,15,20). The fraction of sp³-hybridized carbons (Fsp3) is 0.643. The van der Waals surface area contributed by atoms with Crippen LogP contribution in [0.1, 0.15) is 31.7 Å². The number of nitrogens with two attached hydrogens (primary N) is 1. The van der Waals surface area contributed by atoms with Crippen molar-refractivity contribution in [2.24, 2.45) is 5.73 Å². The van der Waals surface area contributed by atoms with Crippen LogP contribution >= 0.6 is 12.2 Å². The van der Waals surface area contributed by atoms with E-state index in [4.69, 9.17) is 18.0 Å². The van der Waals surface area contributed by atoms with Gasteiger partial charge in [-0.3, -0.25) is 4.90 Å². The van der Waals surface area contributed by atoms with Crippen molar-refractivity contribution in [3.63, 3.8) is 0 Å². The second-order valence-corrected chi connectivity index (χ2v) is 5.78. The smallest absolute Gasteiger partial charge is 0.226 e. The first-order valence-corrected chi connectivity index (χ1v) is 7.56. The number of nitrogens with zero attached hydrogens (tertiary/aromatic N) is 4. The van der Waals surface area contributed by atoms with Crippen LogP contribution in [0.25, 0.3) is 0 Å². The quantitative estimate of drug-likeness (QED) is 0.846. The number of rotatable bonds is 4. The van der Waals surface area contributed by atoms with Crippen LogP contribution in [0.5, 0.6) is 0 Å². The van der Waals surface area contributed by atoms with Crippen LogP contribution in [0.15, 0.2) is 6.07 Å². The van der Waals surface area contributed by atoms with Gasteiger partial charge in [-0.05, 0) is 26.3 Å². The Kier molecular flexibility index (Phi) is 4.88. The summed E-state index contributed by atoms with van der Waals surface area (Å²) in [5.74, 6) is 0.747. The first kappa shape index (κ1) is 15.1. The van der Waals surface area contributed by atoms with Crippen LogP contribution in [0.4, 0.5) is 5.95 Å². The predicted octanol–water partition coefficient (Wildman–Crippen LogP) is 1.34. The van der Waals surface area contributed by atoms with E-state index in [1.165, 1.54) is 6.42 Å². The summed E-state index contributed by atoms with van der Waals surface area (Å²) in [6, 6.07) is 2.48. The molecular formula is C14H23N5S. The van der Waals surface area contributed by atoms with Crippen molar-refractivity contribution in [1.29, 1.82) is 0 Å². The molecule has 1 aliphatic rings. The molecule has 0 spiro atoms. The monoisotopic (exact) mass is 293 g/mol. The van der Waals surface area contributed by atoms with Gasteiger partial charge < -0.3 is 10.6 Å². The van der Waals surface area contributed by atoms with E-state index in [0.717, 1.165) is 37.8 Å². The van der Waals surface area contributed by atoms with E-state index >= 15 is 0 Å². The number of hydrogen-bond donors (Lipinski definition) is 1. The Morgan fingerprint density at radius 2 is 2.00 bits per heavy atom. The molecule has 5 nitrogen and oxygen atoms in total. The molecule has 2 N–H and O–H groups in total. The van der Waals surface area contributed by atoms with Gasteiger partial charge in [0, 0.05) is 37.9 Å². The van der Waals surface area contributed by atoms with Crippen molar-refractivity contribution in [2.75, 3.05) is 31.1 Å². The van der Waals surface area contributed by atoms with Crippen LogP contribution in [-0.4, -0.2) is 52.1 Å². The number of anilines is 1. The fourth-order valence-electron chi connectivity index (χ4n) is 2.44. The lowest BCUT2D eigenvalue weighted by Gasteiger charge is -2.37. The summed E-state index contributed by atoms with van der Waals surface area (Å²) in [5.41, 5.74) is 7.24. The van der Waals surface area contributed by atoms with Crippen molar-refractivity contribution in [3.8, 4) is 0 Å². The largest absolute Gasteiger partial charge is 0.388 e. The third-order valence-electron chi connectivity index (χ3n) is 3.91. The summed E-state index contributed by atoms with van der Waals surface area (Å²) in [7, 11) is 0. The molecule has 0 bridgehead atoms. The van der Waals surface area contributed by atoms with Gasteiger partial charge in [0.2, 0.25) is 5.95 Å². The van der Waals surface area contributed by atoms with E-state index in [2.05, 4.69) is 33.6 Å². The molecule has 20 heavy (non-hydrogen) atoms. The van der Waals surface area contributed by atoms with E-state index < -0.39 is 0 Å². The van der Waals surface area contributed by atoms with Gasteiger partial charge >= 0.3 is 0 Å². The Hall–Kier alpha value is -1.27. The Labute approximate surface area is 126 Å². The second-order valence-electron chi connectivity index (χ2n) is 5.34. The maximum Gasteiger partial charge on any atom is 0.226 e. The molecule has 1 aromatic rings. The maximum absolute atomic E-state index is 5.68. The molecule has 2 rings (SSSR count). The molecule has 0 aromatic carbocycles. The van der Waals surface area contributed by atoms with Gasteiger partial charge in [0.1, 0.15) is 10.7 Å². The zero-order chi connectivity index (χ0) is 14.7. The van der Waals surface area contributed by atoms with Gasteiger partial charge in [-0.15, -0.1) is 0 Å². The van der Waals surface area contributed by atoms with E-state index in [0.29, 0.717) is 16.7 Å². The van der Waals surface area contributed by atoms with E-state index in [1.54, 1.807) is 0 Å². The highest BCUT2D eigenvalue weighted by Gasteiger charge is 2.22. The molecular weight excluding hydrogens is 270 g/mol. The summed E-state index contributed by atoms with van der Waals surface area (Å²) in [6.45, 7) is 10.5. The van der Waals surface area contributed by atoms with Gasteiger partial charge in [-0.1, -0.05) is 19.1 Å². The lowest BCUT2D eigenvalue weighted by Crippen LogP contribution is -2.50. The highest BCUT2D eigenvalue weighted by atomic mass is 32.1. The maximum atomic E-state index is 5.68. The zero-order valence-electron chi connectivity index (χ0n) is 12.5.